The highest BCUT2D eigenvalue weighted by Crippen LogP contribution is 2.37. The number of aliphatic hydroxyl groups excluding tert-OH is 2. The van der Waals surface area contributed by atoms with Gasteiger partial charge in [-0.15, -0.1) is 10.2 Å². The molecule has 2 aromatic carbocycles. The van der Waals surface area contributed by atoms with Crippen molar-refractivity contribution in [1.29, 1.82) is 0 Å². The highest BCUT2D eigenvalue weighted by molar-refractivity contribution is 5.87. The number of rotatable bonds is 12. The minimum absolute atomic E-state index is 0.0268. The van der Waals surface area contributed by atoms with Crippen LogP contribution in [-0.4, -0.2) is 101 Å². The quantitative estimate of drug-likeness (QED) is 0.142. The number of tetrazole rings is 1. The Bertz CT molecular complexity index is 1820. The standard InChI is InChI=1S/C30H31F3N10O5/c1-2-42-40-24(39-41-42)26-36-21-23(35-15-19(17-9-5-3-6-10-17)18-11-7-4-8-12-18)37-29(34-13-14-44)38-25(21)43(26)27-22(20(45)16-47-27)48-28(46)30(31,32)33/h3-12,19-20,22,27,44-45H,2,13-16H2,1H3,(H2,34,35,37,38)/t20-,22+,27+/m0/s1. The van der Waals surface area contributed by atoms with Crippen LogP contribution in [0.15, 0.2) is 60.7 Å². The first-order valence-corrected chi connectivity index (χ1v) is 15.0. The van der Waals surface area contributed by atoms with E-state index < -0.39 is 37.2 Å². The van der Waals surface area contributed by atoms with Gasteiger partial charge < -0.3 is 30.3 Å². The van der Waals surface area contributed by atoms with Gasteiger partial charge in [0, 0.05) is 19.0 Å². The van der Waals surface area contributed by atoms with Crippen molar-refractivity contribution in [3.8, 4) is 11.6 Å². The molecule has 252 valence electrons. The Balaban J connectivity index is 1.49. The van der Waals surface area contributed by atoms with Gasteiger partial charge in [-0.3, -0.25) is 4.57 Å². The first kappa shape index (κ1) is 32.7. The van der Waals surface area contributed by atoms with E-state index in [1.807, 2.05) is 60.7 Å². The van der Waals surface area contributed by atoms with Crippen molar-refractivity contribution >= 4 is 28.9 Å². The molecule has 5 aromatic rings. The fraction of sp³-hybridized carbons (Fsp3) is 0.367. The van der Waals surface area contributed by atoms with Gasteiger partial charge in [0.1, 0.15) is 6.10 Å². The Hall–Kier alpha value is -5.20. The summed E-state index contributed by atoms with van der Waals surface area (Å²) in [4.78, 5) is 27.0. The van der Waals surface area contributed by atoms with Crippen molar-refractivity contribution in [2.45, 2.75) is 44.0 Å². The van der Waals surface area contributed by atoms with Gasteiger partial charge in [0.05, 0.1) is 19.8 Å². The van der Waals surface area contributed by atoms with Crippen LogP contribution in [-0.2, 0) is 20.8 Å². The molecule has 0 spiro atoms. The summed E-state index contributed by atoms with van der Waals surface area (Å²) in [5.74, 6) is -2.46. The highest BCUT2D eigenvalue weighted by Gasteiger charge is 2.49. The van der Waals surface area contributed by atoms with E-state index in [0.717, 1.165) is 11.1 Å². The second kappa shape index (κ2) is 13.9. The lowest BCUT2D eigenvalue weighted by Gasteiger charge is -2.23. The van der Waals surface area contributed by atoms with E-state index in [-0.39, 0.29) is 53.6 Å². The van der Waals surface area contributed by atoms with Gasteiger partial charge in [-0.05, 0) is 23.3 Å². The minimum atomic E-state index is -5.33. The number of anilines is 2. The molecule has 18 heteroatoms. The first-order chi connectivity index (χ1) is 23.2. The van der Waals surface area contributed by atoms with E-state index in [9.17, 15) is 28.2 Å². The number of esters is 1. The van der Waals surface area contributed by atoms with Gasteiger partial charge in [-0.2, -0.15) is 27.9 Å². The third-order valence-electron chi connectivity index (χ3n) is 7.57. The van der Waals surface area contributed by atoms with Crippen molar-refractivity contribution in [3.05, 3.63) is 71.8 Å². The number of fused-ring (bicyclic) bond motifs is 1. The number of alkyl halides is 3. The second-order valence-corrected chi connectivity index (χ2v) is 10.7. The number of nitrogens with zero attached hydrogens (tertiary/aromatic N) is 8. The lowest BCUT2D eigenvalue weighted by Crippen LogP contribution is -2.38. The van der Waals surface area contributed by atoms with Crippen molar-refractivity contribution in [2.75, 3.05) is 36.9 Å². The second-order valence-electron chi connectivity index (χ2n) is 10.7. The summed E-state index contributed by atoms with van der Waals surface area (Å²) in [5, 5.41) is 38.7. The van der Waals surface area contributed by atoms with Crippen LogP contribution in [0.2, 0.25) is 0 Å². The fourth-order valence-electron chi connectivity index (χ4n) is 5.33. The topological polar surface area (TPSA) is 187 Å². The number of imidazole rings is 1. The van der Waals surface area contributed by atoms with Crippen molar-refractivity contribution < 1.29 is 37.7 Å². The van der Waals surface area contributed by atoms with E-state index in [1.165, 1.54) is 9.36 Å². The summed E-state index contributed by atoms with van der Waals surface area (Å²) in [6.07, 6.45) is -10.3. The highest BCUT2D eigenvalue weighted by atomic mass is 19.4. The molecule has 0 unspecified atom stereocenters. The molecule has 15 nitrogen and oxygen atoms in total. The Morgan fingerprint density at radius 2 is 1.75 bits per heavy atom. The Morgan fingerprint density at radius 1 is 1.06 bits per heavy atom. The van der Waals surface area contributed by atoms with Crippen molar-refractivity contribution in [3.63, 3.8) is 0 Å². The molecule has 1 saturated heterocycles. The average molecular weight is 669 g/mol. The molecule has 4 N–H and O–H groups in total. The third kappa shape index (κ3) is 6.76. The van der Waals surface area contributed by atoms with E-state index >= 15 is 0 Å². The molecule has 1 fully saturated rings. The summed E-state index contributed by atoms with van der Waals surface area (Å²) in [6.45, 7) is 1.81. The zero-order valence-corrected chi connectivity index (χ0v) is 25.4. The van der Waals surface area contributed by atoms with Crippen molar-refractivity contribution in [2.24, 2.45) is 0 Å². The van der Waals surface area contributed by atoms with Crippen LogP contribution in [0.25, 0.3) is 22.8 Å². The lowest BCUT2D eigenvalue weighted by molar-refractivity contribution is -0.211. The van der Waals surface area contributed by atoms with Crippen LogP contribution in [0.3, 0.4) is 0 Å². The van der Waals surface area contributed by atoms with Crippen LogP contribution in [0.5, 0.6) is 0 Å². The number of ether oxygens (including phenoxy) is 2. The lowest BCUT2D eigenvalue weighted by atomic mass is 9.91. The van der Waals surface area contributed by atoms with Gasteiger partial charge in [-0.1, -0.05) is 60.7 Å². The maximum atomic E-state index is 13.3. The molecule has 48 heavy (non-hydrogen) atoms. The Kier molecular flexibility index (Phi) is 9.47. The summed E-state index contributed by atoms with van der Waals surface area (Å²) >= 11 is 0. The molecule has 0 radical (unpaired) electrons. The number of aromatic nitrogens is 8. The Labute approximate surface area is 270 Å². The van der Waals surface area contributed by atoms with E-state index in [4.69, 9.17) is 14.5 Å². The monoisotopic (exact) mass is 668 g/mol. The molecule has 3 aromatic heterocycles. The largest absolute Gasteiger partial charge is 0.490 e. The third-order valence-corrected chi connectivity index (χ3v) is 7.57. The molecule has 6 rings (SSSR count). The number of halogens is 3. The molecular weight excluding hydrogens is 637 g/mol. The van der Waals surface area contributed by atoms with Crippen LogP contribution < -0.4 is 10.6 Å². The predicted octanol–water partition coefficient (Wildman–Crippen LogP) is 2.51. The predicted molar refractivity (Wildman–Crippen MR) is 164 cm³/mol. The molecule has 0 saturated carbocycles. The number of carbonyl (C=O) groups excluding carboxylic acids is 1. The fourth-order valence-corrected chi connectivity index (χ4v) is 5.33. The summed E-state index contributed by atoms with van der Waals surface area (Å²) in [7, 11) is 0. The molecule has 1 aliphatic heterocycles. The Morgan fingerprint density at radius 3 is 2.35 bits per heavy atom. The maximum Gasteiger partial charge on any atom is 0.490 e. The smallest absolute Gasteiger partial charge is 0.448 e. The summed E-state index contributed by atoms with van der Waals surface area (Å²) in [6, 6.07) is 19.6. The number of benzene rings is 2. The molecule has 0 bridgehead atoms. The van der Waals surface area contributed by atoms with Crippen molar-refractivity contribution in [1.82, 2.24) is 39.7 Å². The number of hydrogen-bond acceptors (Lipinski definition) is 13. The average Bonchev–Trinajstić information content (AvgIpc) is 3.81. The maximum absolute atomic E-state index is 13.3. The van der Waals surface area contributed by atoms with E-state index in [2.05, 4.69) is 36.0 Å². The van der Waals surface area contributed by atoms with E-state index in [1.54, 1.807) is 6.92 Å². The van der Waals surface area contributed by atoms with Crippen LogP contribution in [0.1, 0.15) is 30.2 Å². The molecule has 0 amide bonds. The number of nitrogens with one attached hydrogen (secondary N) is 2. The van der Waals surface area contributed by atoms with Gasteiger partial charge in [0.15, 0.2) is 35.1 Å². The molecule has 4 heterocycles. The van der Waals surface area contributed by atoms with Crippen LogP contribution in [0.4, 0.5) is 24.9 Å². The van der Waals surface area contributed by atoms with Gasteiger partial charge >= 0.3 is 12.1 Å². The molecule has 0 aliphatic carbocycles. The zero-order chi connectivity index (χ0) is 33.8. The van der Waals surface area contributed by atoms with Crippen LogP contribution >= 0.6 is 0 Å². The summed E-state index contributed by atoms with van der Waals surface area (Å²) in [5.41, 5.74) is 2.22. The normalized spacial score (nSPS) is 18.0. The van der Waals surface area contributed by atoms with Gasteiger partial charge in [-0.25, -0.2) is 9.78 Å². The molecular formula is C30H31F3N10O5. The molecule has 1 aliphatic rings. The van der Waals surface area contributed by atoms with Gasteiger partial charge in [0.25, 0.3) is 0 Å². The SMILES string of the molecule is CCn1nnc(-c2nc3c(NCC(c4ccccc4)c4ccccc4)nc(NCCO)nc3n2[C@@H]2OC[C@H](O)[C@H]2OC(=O)C(F)(F)F)n1. The van der Waals surface area contributed by atoms with Crippen LogP contribution in [0, 0.1) is 0 Å². The number of hydrogen-bond donors (Lipinski definition) is 4. The van der Waals surface area contributed by atoms with Gasteiger partial charge in [0.2, 0.25) is 11.8 Å². The minimum Gasteiger partial charge on any atom is -0.448 e. The van der Waals surface area contributed by atoms with E-state index in [0.29, 0.717) is 13.1 Å². The summed E-state index contributed by atoms with van der Waals surface area (Å²) < 4.78 is 51.5. The number of carbonyl (C=O) groups is 1. The first-order valence-electron chi connectivity index (χ1n) is 15.0. The number of aliphatic hydroxyl groups is 2. The number of aryl methyl sites for hydroxylation is 1. The zero-order valence-electron chi connectivity index (χ0n) is 25.4. The molecule has 3 atom stereocenters.